The minimum absolute atomic E-state index is 0.612. The molecule has 0 saturated carbocycles. The predicted octanol–water partition coefficient (Wildman–Crippen LogP) is 2.40. The number of hydrogen-bond donors (Lipinski definition) is 2. The van der Waals surface area contributed by atoms with Crippen LogP contribution in [0, 0.1) is 0 Å². The Hall–Kier alpha value is -2.88. The van der Waals surface area contributed by atoms with Crippen molar-refractivity contribution in [1.29, 1.82) is 0 Å². The molecule has 0 amide bonds. The van der Waals surface area contributed by atoms with Crippen molar-refractivity contribution in [1.82, 2.24) is 9.97 Å². The van der Waals surface area contributed by atoms with Gasteiger partial charge in [0.15, 0.2) is 0 Å². The first-order chi connectivity index (χ1) is 9.75. The van der Waals surface area contributed by atoms with Crippen LogP contribution in [0.25, 0.3) is 22.5 Å². The zero-order valence-electron chi connectivity index (χ0n) is 10.6. The summed E-state index contributed by atoms with van der Waals surface area (Å²) in [7, 11) is 0. The topological polar surface area (TPSA) is 65.7 Å². The number of hydrogen-bond acceptors (Lipinski definition) is 2. The molecule has 0 aliphatic heterocycles. The van der Waals surface area contributed by atoms with Crippen molar-refractivity contribution in [3.63, 3.8) is 0 Å². The van der Waals surface area contributed by atoms with Crippen LogP contribution in [0.2, 0.25) is 0 Å². The van der Waals surface area contributed by atoms with Gasteiger partial charge in [0.1, 0.15) is 0 Å². The lowest BCUT2D eigenvalue weighted by molar-refractivity contribution is 1.09. The highest BCUT2D eigenvalue weighted by Crippen LogP contribution is 2.26. The molecule has 20 heavy (non-hydrogen) atoms. The standard InChI is InChI=1S/C16H12N2O2/c19-15-16(20)18-14(12-9-5-2-6-10-12)13(17-15)11-7-3-1-4-8-11/h1-10H,(H,17,19)(H,18,20). The van der Waals surface area contributed by atoms with Crippen molar-refractivity contribution in [2.24, 2.45) is 0 Å². The van der Waals surface area contributed by atoms with Crippen molar-refractivity contribution in [2.45, 2.75) is 0 Å². The number of H-pyrrole nitrogens is 2. The van der Waals surface area contributed by atoms with E-state index in [1.54, 1.807) is 0 Å². The van der Waals surface area contributed by atoms with E-state index in [1.165, 1.54) is 0 Å². The third-order valence-corrected chi connectivity index (χ3v) is 3.06. The Kier molecular flexibility index (Phi) is 3.05. The molecule has 1 aromatic heterocycles. The van der Waals surface area contributed by atoms with Gasteiger partial charge in [-0.2, -0.15) is 0 Å². The second kappa shape index (κ2) is 5.01. The van der Waals surface area contributed by atoms with Gasteiger partial charge in [0, 0.05) is 11.1 Å². The van der Waals surface area contributed by atoms with Crippen LogP contribution in [0.15, 0.2) is 70.3 Å². The molecular formula is C16H12N2O2. The van der Waals surface area contributed by atoms with Crippen molar-refractivity contribution < 1.29 is 0 Å². The summed E-state index contributed by atoms with van der Waals surface area (Å²) in [5, 5.41) is 0. The Morgan fingerprint density at radius 3 is 1.25 bits per heavy atom. The smallest absolute Gasteiger partial charge is 0.314 e. The van der Waals surface area contributed by atoms with Crippen molar-refractivity contribution in [3.8, 4) is 22.5 Å². The number of aromatic nitrogens is 2. The van der Waals surface area contributed by atoms with E-state index in [0.717, 1.165) is 11.1 Å². The first kappa shape index (κ1) is 12.2. The molecule has 4 nitrogen and oxygen atoms in total. The summed E-state index contributed by atoms with van der Waals surface area (Å²) in [6.07, 6.45) is 0. The first-order valence-corrected chi connectivity index (χ1v) is 6.23. The Morgan fingerprint density at radius 2 is 0.900 bits per heavy atom. The van der Waals surface area contributed by atoms with Gasteiger partial charge in [0.2, 0.25) is 0 Å². The van der Waals surface area contributed by atoms with Crippen LogP contribution in [0.5, 0.6) is 0 Å². The monoisotopic (exact) mass is 264 g/mol. The van der Waals surface area contributed by atoms with Gasteiger partial charge in [-0.25, -0.2) is 0 Å². The van der Waals surface area contributed by atoms with Gasteiger partial charge in [-0.3, -0.25) is 9.59 Å². The van der Waals surface area contributed by atoms with E-state index in [-0.39, 0.29) is 0 Å². The van der Waals surface area contributed by atoms with Gasteiger partial charge in [-0.1, -0.05) is 60.7 Å². The van der Waals surface area contributed by atoms with Gasteiger partial charge in [-0.05, 0) is 0 Å². The molecule has 0 saturated heterocycles. The van der Waals surface area contributed by atoms with E-state index in [4.69, 9.17) is 0 Å². The van der Waals surface area contributed by atoms with Crippen LogP contribution in [0.1, 0.15) is 0 Å². The second-order valence-corrected chi connectivity index (χ2v) is 4.39. The predicted molar refractivity (Wildman–Crippen MR) is 78.6 cm³/mol. The maximum absolute atomic E-state index is 11.6. The minimum Gasteiger partial charge on any atom is -0.315 e. The molecule has 3 rings (SSSR count). The zero-order valence-corrected chi connectivity index (χ0v) is 10.6. The van der Waals surface area contributed by atoms with E-state index >= 15 is 0 Å². The molecule has 0 radical (unpaired) electrons. The summed E-state index contributed by atoms with van der Waals surface area (Å²) < 4.78 is 0. The van der Waals surface area contributed by atoms with Crippen LogP contribution < -0.4 is 11.1 Å². The zero-order chi connectivity index (χ0) is 13.9. The average molecular weight is 264 g/mol. The fourth-order valence-electron chi connectivity index (χ4n) is 2.11. The van der Waals surface area contributed by atoms with E-state index < -0.39 is 11.1 Å². The maximum atomic E-state index is 11.6. The van der Waals surface area contributed by atoms with Gasteiger partial charge < -0.3 is 9.97 Å². The molecule has 98 valence electrons. The van der Waals surface area contributed by atoms with E-state index in [0.29, 0.717) is 11.4 Å². The molecular weight excluding hydrogens is 252 g/mol. The van der Waals surface area contributed by atoms with Crippen LogP contribution in [-0.2, 0) is 0 Å². The fraction of sp³-hybridized carbons (Fsp3) is 0. The number of aromatic amines is 2. The number of rotatable bonds is 2. The van der Waals surface area contributed by atoms with Crippen molar-refractivity contribution >= 4 is 0 Å². The SMILES string of the molecule is O=c1[nH]c(-c2ccccc2)c(-c2ccccc2)[nH]c1=O. The summed E-state index contributed by atoms with van der Waals surface area (Å²) >= 11 is 0. The van der Waals surface area contributed by atoms with Crippen molar-refractivity contribution in [2.75, 3.05) is 0 Å². The molecule has 2 aromatic carbocycles. The summed E-state index contributed by atoms with van der Waals surface area (Å²) in [6, 6.07) is 18.9. The van der Waals surface area contributed by atoms with Gasteiger partial charge in [-0.15, -0.1) is 0 Å². The lowest BCUT2D eigenvalue weighted by Gasteiger charge is -2.09. The number of nitrogens with one attached hydrogen (secondary N) is 2. The van der Waals surface area contributed by atoms with E-state index in [1.807, 2.05) is 60.7 Å². The molecule has 0 aliphatic carbocycles. The summed E-state index contributed by atoms with van der Waals surface area (Å²) in [4.78, 5) is 28.5. The Morgan fingerprint density at radius 1 is 0.550 bits per heavy atom. The minimum atomic E-state index is -0.650. The summed E-state index contributed by atoms with van der Waals surface area (Å²) in [5.74, 6) is 0. The lowest BCUT2D eigenvalue weighted by atomic mass is 10.0. The van der Waals surface area contributed by atoms with Crippen LogP contribution >= 0.6 is 0 Å². The Bertz CT molecular complexity index is 761. The summed E-state index contributed by atoms with van der Waals surface area (Å²) in [5.41, 5.74) is 1.62. The largest absolute Gasteiger partial charge is 0.315 e. The average Bonchev–Trinajstić information content (AvgIpc) is 2.51. The second-order valence-electron chi connectivity index (χ2n) is 4.39. The lowest BCUT2D eigenvalue weighted by Crippen LogP contribution is -2.30. The molecule has 3 aromatic rings. The van der Waals surface area contributed by atoms with Gasteiger partial charge >= 0.3 is 11.1 Å². The van der Waals surface area contributed by atoms with Gasteiger partial charge in [0.25, 0.3) is 0 Å². The first-order valence-electron chi connectivity index (χ1n) is 6.23. The number of benzene rings is 2. The highest BCUT2D eigenvalue weighted by molar-refractivity contribution is 5.77. The normalized spacial score (nSPS) is 10.4. The molecule has 4 heteroatoms. The molecule has 0 atom stereocenters. The maximum Gasteiger partial charge on any atom is 0.314 e. The van der Waals surface area contributed by atoms with Crippen molar-refractivity contribution in [3.05, 3.63) is 81.4 Å². The summed E-state index contributed by atoms with van der Waals surface area (Å²) in [6.45, 7) is 0. The highest BCUT2D eigenvalue weighted by Gasteiger charge is 2.10. The fourth-order valence-corrected chi connectivity index (χ4v) is 2.11. The molecule has 0 spiro atoms. The quantitative estimate of drug-likeness (QED) is 0.698. The molecule has 2 N–H and O–H groups in total. The Labute approximate surface area is 114 Å². The van der Waals surface area contributed by atoms with E-state index in [9.17, 15) is 9.59 Å². The van der Waals surface area contributed by atoms with Gasteiger partial charge in [0.05, 0.1) is 11.4 Å². The third-order valence-electron chi connectivity index (χ3n) is 3.06. The van der Waals surface area contributed by atoms with E-state index in [2.05, 4.69) is 9.97 Å². The highest BCUT2D eigenvalue weighted by atomic mass is 16.2. The van der Waals surface area contributed by atoms with Crippen LogP contribution in [-0.4, -0.2) is 9.97 Å². The molecule has 0 bridgehead atoms. The van der Waals surface area contributed by atoms with Crippen LogP contribution in [0.4, 0.5) is 0 Å². The van der Waals surface area contributed by atoms with Crippen LogP contribution in [0.3, 0.4) is 0 Å². The molecule has 0 unspecified atom stereocenters. The molecule has 0 aliphatic rings. The third kappa shape index (κ3) is 2.19. The molecule has 0 fully saturated rings. The molecule has 1 heterocycles. The Balaban J connectivity index is 2.32.